The highest BCUT2D eigenvalue weighted by Crippen LogP contribution is 2.21. The molecule has 0 aliphatic carbocycles. The van der Waals surface area contributed by atoms with E-state index in [0.717, 1.165) is 11.1 Å². The van der Waals surface area contributed by atoms with Crippen LogP contribution >= 0.6 is 11.8 Å². The van der Waals surface area contributed by atoms with Gasteiger partial charge in [0.15, 0.2) is 5.16 Å². The second kappa shape index (κ2) is 11.0. The summed E-state index contributed by atoms with van der Waals surface area (Å²) in [6.07, 6.45) is 6.30. The van der Waals surface area contributed by atoms with Crippen LogP contribution in [0.25, 0.3) is 0 Å². The number of alkyl carbamates (subject to hydrolysis) is 1. The Morgan fingerprint density at radius 3 is 2.52 bits per heavy atom. The molecule has 0 bridgehead atoms. The average molecular weight is 472 g/mol. The van der Waals surface area contributed by atoms with Gasteiger partial charge >= 0.3 is 6.09 Å². The number of nitrogens with one attached hydrogen (secondary N) is 1. The minimum Gasteiger partial charge on any atom is -0.444 e. The van der Waals surface area contributed by atoms with Gasteiger partial charge in [0, 0.05) is 49.4 Å². The maximum atomic E-state index is 13.2. The van der Waals surface area contributed by atoms with Gasteiger partial charge in [-0.25, -0.2) is 19.2 Å². The van der Waals surface area contributed by atoms with Gasteiger partial charge in [0.1, 0.15) is 17.7 Å². The van der Waals surface area contributed by atoms with Crippen LogP contribution in [0.4, 0.5) is 9.18 Å². The standard InChI is InChI=1S/C23H26FN5O3S/c1-23(2,3)32-22(31)27-8-9-29-13-18(10-17-11-25-15-26-12-17)20(30)28-21(29)33-14-16-4-6-19(24)7-5-16/h4-7,11-13,15H,8-10,14H2,1-3H3,(H,27,31). The van der Waals surface area contributed by atoms with Crippen LogP contribution in [-0.4, -0.2) is 37.8 Å². The molecule has 0 aliphatic heterocycles. The molecule has 0 spiro atoms. The highest BCUT2D eigenvalue weighted by Gasteiger charge is 2.16. The first-order valence-electron chi connectivity index (χ1n) is 10.4. The molecule has 2 aromatic heterocycles. The number of halogens is 1. The van der Waals surface area contributed by atoms with Crippen LogP contribution in [0.2, 0.25) is 0 Å². The Kier molecular flexibility index (Phi) is 8.16. The predicted molar refractivity (Wildman–Crippen MR) is 124 cm³/mol. The number of benzene rings is 1. The van der Waals surface area contributed by atoms with Gasteiger partial charge in [-0.1, -0.05) is 23.9 Å². The Labute approximate surface area is 195 Å². The molecule has 3 aromatic rings. The number of ether oxygens (including phenoxy) is 1. The highest BCUT2D eigenvalue weighted by atomic mass is 32.2. The number of amides is 1. The summed E-state index contributed by atoms with van der Waals surface area (Å²) in [6.45, 7) is 6.06. The Balaban J connectivity index is 1.77. The fourth-order valence-corrected chi connectivity index (χ4v) is 3.83. The highest BCUT2D eigenvalue weighted by molar-refractivity contribution is 7.98. The second-order valence-corrected chi connectivity index (χ2v) is 9.26. The van der Waals surface area contributed by atoms with E-state index in [4.69, 9.17) is 4.74 Å². The van der Waals surface area contributed by atoms with Gasteiger partial charge in [-0.3, -0.25) is 4.79 Å². The molecule has 0 radical (unpaired) electrons. The predicted octanol–water partition coefficient (Wildman–Crippen LogP) is 3.58. The third-order valence-electron chi connectivity index (χ3n) is 4.34. The van der Waals surface area contributed by atoms with Crippen LogP contribution in [0.5, 0.6) is 0 Å². The molecule has 2 heterocycles. The van der Waals surface area contributed by atoms with E-state index in [9.17, 15) is 14.0 Å². The zero-order valence-corrected chi connectivity index (χ0v) is 19.6. The molecule has 0 aliphatic rings. The molecule has 0 saturated carbocycles. The van der Waals surface area contributed by atoms with Crippen LogP contribution in [0.15, 0.2) is 59.1 Å². The van der Waals surface area contributed by atoms with E-state index < -0.39 is 11.7 Å². The van der Waals surface area contributed by atoms with Gasteiger partial charge < -0.3 is 14.6 Å². The zero-order chi connectivity index (χ0) is 23.8. The number of nitrogens with zero attached hydrogens (tertiary/aromatic N) is 4. The summed E-state index contributed by atoms with van der Waals surface area (Å²) in [4.78, 5) is 36.9. The molecule has 8 nitrogen and oxygen atoms in total. The lowest BCUT2D eigenvalue weighted by Gasteiger charge is -2.20. The quantitative estimate of drug-likeness (QED) is 0.396. The van der Waals surface area contributed by atoms with E-state index >= 15 is 0 Å². The van der Waals surface area contributed by atoms with Gasteiger partial charge in [0.2, 0.25) is 0 Å². The molecule has 0 atom stereocenters. The monoisotopic (exact) mass is 471 g/mol. The summed E-state index contributed by atoms with van der Waals surface area (Å²) < 4.78 is 20.3. The largest absolute Gasteiger partial charge is 0.444 e. The van der Waals surface area contributed by atoms with E-state index in [1.165, 1.54) is 30.2 Å². The summed E-state index contributed by atoms with van der Waals surface area (Å²) in [5.41, 5.74) is 1.26. The molecule has 10 heteroatoms. The first-order valence-corrected chi connectivity index (χ1v) is 11.4. The van der Waals surface area contributed by atoms with Crippen molar-refractivity contribution in [1.82, 2.24) is 24.8 Å². The maximum Gasteiger partial charge on any atom is 0.407 e. The number of carbonyl (C=O) groups is 1. The Bertz CT molecular complexity index is 1130. The van der Waals surface area contributed by atoms with Crippen LogP contribution < -0.4 is 10.9 Å². The Morgan fingerprint density at radius 2 is 1.85 bits per heavy atom. The van der Waals surface area contributed by atoms with E-state index in [2.05, 4.69) is 20.3 Å². The summed E-state index contributed by atoms with van der Waals surface area (Å²) >= 11 is 1.36. The smallest absolute Gasteiger partial charge is 0.407 e. The summed E-state index contributed by atoms with van der Waals surface area (Å²) in [7, 11) is 0. The molecule has 1 aromatic carbocycles. The molecule has 1 amide bonds. The van der Waals surface area contributed by atoms with Crippen molar-refractivity contribution < 1.29 is 13.9 Å². The molecule has 0 saturated heterocycles. The normalized spacial score (nSPS) is 11.3. The number of hydrogen-bond acceptors (Lipinski definition) is 7. The molecule has 1 N–H and O–H groups in total. The van der Waals surface area contributed by atoms with Gasteiger partial charge in [0.25, 0.3) is 5.56 Å². The van der Waals surface area contributed by atoms with Crippen molar-refractivity contribution in [3.8, 4) is 0 Å². The van der Waals surface area contributed by atoms with Crippen molar-refractivity contribution in [1.29, 1.82) is 0 Å². The first kappa shape index (κ1) is 24.4. The zero-order valence-electron chi connectivity index (χ0n) is 18.7. The van der Waals surface area contributed by atoms with Gasteiger partial charge in [-0.15, -0.1) is 0 Å². The van der Waals surface area contributed by atoms with E-state index in [1.807, 2.05) is 4.57 Å². The third-order valence-corrected chi connectivity index (χ3v) is 5.40. The maximum absolute atomic E-state index is 13.2. The van der Waals surface area contributed by atoms with Crippen LogP contribution in [0.1, 0.15) is 37.5 Å². The van der Waals surface area contributed by atoms with E-state index in [0.29, 0.717) is 29.4 Å². The number of rotatable bonds is 8. The van der Waals surface area contributed by atoms with Crippen molar-refractivity contribution in [3.05, 3.63) is 82.0 Å². The molecule has 174 valence electrons. The second-order valence-electron chi connectivity index (χ2n) is 8.31. The minimum atomic E-state index is -0.593. The number of aromatic nitrogens is 4. The number of carbonyl (C=O) groups excluding carboxylic acids is 1. The van der Waals surface area contributed by atoms with Crippen LogP contribution in [0.3, 0.4) is 0 Å². The molecular weight excluding hydrogens is 445 g/mol. The minimum absolute atomic E-state index is 0.289. The SMILES string of the molecule is CC(C)(C)OC(=O)NCCn1cc(Cc2cncnc2)c(=O)nc1SCc1ccc(F)cc1. The van der Waals surface area contributed by atoms with Gasteiger partial charge in [-0.2, -0.15) is 4.98 Å². The lowest BCUT2D eigenvalue weighted by Crippen LogP contribution is -2.34. The molecule has 0 unspecified atom stereocenters. The fourth-order valence-electron chi connectivity index (χ4n) is 2.88. The van der Waals surface area contributed by atoms with Crippen molar-refractivity contribution in [2.75, 3.05) is 6.54 Å². The Hall–Kier alpha value is -3.27. The molecule has 33 heavy (non-hydrogen) atoms. The average Bonchev–Trinajstić information content (AvgIpc) is 2.75. The molecule has 3 rings (SSSR count). The van der Waals surface area contributed by atoms with Crippen molar-refractivity contribution in [3.63, 3.8) is 0 Å². The summed E-state index contributed by atoms with van der Waals surface area (Å²) in [5, 5.41) is 3.22. The van der Waals surface area contributed by atoms with Gasteiger partial charge in [-0.05, 0) is 44.0 Å². The van der Waals surface area contributed by atoms with Crippen LogP contribution in [-0.2, 0) is 23.5 Å². The number of hydrogen-bond donors (Lipinski definition) is 1. The summed E-state index contributed by atoms with van der Waals surface area (Å²) in [5.74, 6) is 0.208. The fraction of sp³-hybridized carbons (Fsp3) is 0.348. The van der Waals surface area contributed by atoms with E-state index in [-0.39, 0.29) is 17.9 Å². The third kappa shape index (κ3) is 7.98. The van der Waals surface area contributed by atoms with E-state index in [1.54, 1.807) is 51.5 Å². The summed E-state index contributed by atoms with van der Waals surface area (Å²) in [6, 6.07) is 6.18. The van der Waals surface area contributed by atoms with Crippen molar-refractivity contribution in [2.45, 2.75) is 50.2 Å². The first-order chi connectivity index (χ1) is 15.7. The van der Waals surface area contributed by atoms with Gasteiger partial charge in [0.05, 0.1) is 0 Å². The van der Waals surface area contributed by atoms with Crippen molar-refractivity contribution >= 4 is 17.9 Å². The Morgan fingerprint density at radius 1 is 1.15 bits per heavy atom. The topological polar surface area (TPSA) is 99.0 Å². The molecule has 0 fully saturated rings. The molecular formula is C23H26FN5O3S. The van der Waals surface area contributed by atoms with Crippen LogP contribution in [0, 0.1) is 5.82 Å². The van der Waals surface area contributed by atoms with Crippen molar-refractivity contribution in [2.24, 2.45) is 0 Å². The lowest BCUT2D eigenvalue weighted by atomic mass is 10.1. The number of thioether (sulfide) groups is 1. The lowest BCUT2D eigenvalue weighted by molar-refractivity contribution is 0.0525.